The smallest absolute Gasteiger partial charge is 0.223 e. The SMILES string of the molecule is CSCC(C)C(=O)NCc1cccnc1N1CCCCC1. The zero-order valence-corrected chi connectivity index (χ0v) is 13.8. The van der Waals surface area contributed by atoms with Crippen LogP contribution in [0.15, 0.2) is 18.3 Å². The van der Waals surface area contributed by atoms with Crippen molar-refractivity contribution in [1.29, 1.82) is 0 Å². The van der Waals surface area contributed by atoms with Crippen LogP contribution in [0.4, 0.5) is 5.82 Å². The number of carbonyl (C=O) groups excluding carboxylic acids is 1. The molecule has 21 heavy (non-hydrogen) atoms. The molecule has 0 aromatic carbocycles. The monoisotopic (exact) mass is 307 g/mol. The van der Waals surface area contributed by atoms with E-state index < -0.39 is 0 Å². The molecule has 1 aromatic rings. The average Bonchev–Trinajstić information content (AvgIpc) is 2.54. The van der Waals surface area contributed by atoms with Gasteiger partial charge in [-0.1, -0.05) is 13.0 Å². The first-order valence-electron chi connectivity index (χ1n) is 7.68. The fraction of sp³-hybridized carbons (Fsp3) is 0.625. The van der Waals surface area contributed by atoms with Gasteiger partial charge in [0.15, 0.2) is 0 Å². The van der Waals surface area contributed by atoms with Crippen LogP contribution in [0.5, 0.6) is 0 Å². The van der Waals surface area contributed by atoms with Crippen LogP contribution >= 0.6 is 11.8 Å². The molecular weight excluding hydrogens is 282 g/mol. The third kappa shape index (κ3) is 4.63. The zero-order valence-electron chi connectivity index (χ0n) is 13.0. The van der Waals surface area contributed by atoms with Crippen LogP contribution in [0, 0.1) is 5.92 Å². The van der Waals surface area contributed by atoms with E-state index in [1.807, 2.05) is 25.4 Å². The van der Waals surface area contributed by atoms with Crippen molar-refractivity contribution in [3.05, 3.63) is 23.9 Å². The molecule has 116 valence electrons. The molecule has 0 aliphatic carbocycles. The number of piperidine rings is 1. The average molecular weight is 307 g/mol. The summed E-state index contributed by atoms with van der Waals surface area (Å²) in [5.74, 6) is 2.07. The lowest BCUT2D eigenvalue weighted by atomic mass is 10.1. The van der Waals surface area contributed by atoms with Gasteiger partial charge in [-0.05, 0) is 31.6 Å². The highest BCUT2D eigenvalue weighted by Gasteiger charge is 2.17. The number of thioether (sulfide) groups is 1. The molecule has 1 fully saturated rings. The summed E-state index contributed by atoms with van der Waals surface area (Å²) in [6.45, 7) is 4.68. The maximum absolute atomic E-state index is 12.0. The Kier molecular flexibility index (Phi) is 6.36. The van der Waals surface area contributed by atoms with Crippen molar-refractivity contribution < 1.29 is 4.79 Å². The highest BCUT2D eigenvalue weighted by atomic mass is 32.2. The van der Waals surface area contributed by atoms with Crippen LogP contribution < -0.4 is 10.2 Å². The highest BCUT2D eigenvalue weighted by molar-refractivity contribution is 7.98. The number of rotatable bonds is 6. The molecule has 0 spiro atoms. The molecule has 1 aliphatic heterocycles. The molecule has 1 N–H and O–H groups in total. The summed E-state index contributed by atoms with van der Waals surface area (Å²) in [5, 5.41) is 3.04. The molecule has 0 saturated carbocycles. The molecule has 1 aliphatic rings. The molecule has 0 bridgehead atoms. The molecule has 1 saturated heterocycles. The van der Waals surface area contributed by atoms with Gasteiger partial charge in [0.2, 0.25) is 5.91 Å². The Morgan fingerprint density at radius 2 is 2.19 bits per heavy atom. The van der Waals surface area contributed by atoms with Crippen LogP contribution in [0.2, 0.25) is 0 Å². The fourth-order valence-corrected chi connectivity index (χ4v) is 3.29. The molecule has 5 heteroatoms. The van der Waals surface area contributed by atoms with E-state index in [2.05, 4.69) is 21.3 Å². The quantitative estimate of drug-likeness (QED) is 0.877. The standard InChI is InChI=1S/C16H25N3OS/c1-13(12-21-2)16(20)18-11-14-7-6-8-17-15(14)19-9-4-3-5-10-19/h6-8,13H,3-5,9-12H2,1-2H3,(H,18,20). The first-order valence-corrected chi connectivity index (χ1v) is 9.07. The summed E-state index contributed by atoms with van der Waals surface area (Å²) < 4.78 is 0. The summed E-state index contributed by atoms with van der Waals surface area (Å²) in [4.78, 5) is 18.9. The van der Waals surface area contributed by atoms with Gasteiger partial charge >= 0.3 is 0 Å². The van der Waals surface area contributed by atoms with Crippen molar-refractivity contribution in [3.63, 3.8) is 0 Å². The molecule has 4 nitrogen and oxygen atoms in total. The van der Waals surface area contributed by atoms with Crippen molar-refractivity contribution in [2.75, 3.05) is 30.0 Å². The summed E-state index contributed by atoms with van der Waals surface area (Å²) in [7, 11) is 0. The van der Waals surface area contributed by atoms with Crippen LogP contribution in [0.25, 0.3) is 0 Å². The number of nitrogens with one attached hydrogen (secondary N) is 1. The zero-order chi connectivity index (χ0) is 15.1. The number of hydrogen-bond acceptors (Lipinski definition) is 4. The van der Waals surface area contributed by atoms with Gasteiger partial charge in [0, 0.05) is 43.1 Å². The largest absolute Gasteiger partial charge is 0.356 e. The van der Waals surface area contributed by atoms with Crippen molar-refractivity contribution in [2.24, 2.45) is 5.92 Å². The number of amides is 1. The van der Waals surface area contributed by atoms with E-state index in [9.17, 15) is 4.79 Å². The van der Waals surface area contributed by atoms with Crippen molar-refractivity contribution in [2.45, 2.75) is 32.7 Å². The molecular formula is C16H25N3OS. The van der Waals surface area contributed by atoms with Crippen molar-refractivity contribution >= 4 is 23.5 Å². The number of anilines is 1. The minimum Gasteiger partial charge on any atom is -0.356 e. The minimum absolute atomic E-state index is 0.0510. The fourth-order valence-electron chi connectivity index (χ4n) is 2.64. The second kappa shape index (κ2) is 8.27. The molecule has 1 atom stereocenters. The van der Waals surface area contributed by atoms with E-state index >= 15 is 0 Å². The van der Waals surface area contributed by atoms with Gasteiger partial charge in [0.25, 0.3) is 0 Å². The normalized spacial score (nSPS) is 16.6. The summed E-state index contributed by atoms with van der Waals surface area (Å²) in [5.41, 5.74) is 1.11. The molecule has 0 radical (unpaired) electrons. The Morgan fingerprint density at radius 3 is 2.90 bits per heavy atom. The molecule has 2 rings (SSSR count). The lowest BCUT2D eigenvalue weighted by Gasteiger charge is -2.29. The maximum Gasteiger partial charge on any atom is 0.223 e. The topological polar surface area (TPSA) is 45.2 Å². The van der Waals surface area contributed by atoms with Crippen molar-refractivity contribution in [1.82, 2.24) is 10.3 Å². The van der Waals surface area contributed by atoms with Crippen molar-refractivity contribution in [3.8, 4) is 0 Å². The lowest BCUT2D eigenvalue weighted by Crippen LogP contribution is -2.33. The third-order valence-electron chi connectivity index (χ3n) is 3.84. The van der Waals surface area contributed by atoms with Gasteiger partial charge in [-0.2, -0.15) is 11.8 Å². The summed E-state index contributed by atoms with van der Waals surface area (Å²) >= 11 is 1.70. The Labute approximate surface area is 131 Å². The Morgan fingerprint density at radius 1 is 1.43 bits per heavy atom. The van der Waals surface area contributed by atoms with E-state index in [-0.39, 0.29) is 11.8 Å². The highest BCUT2D eigenvalue weighted by Crippen LogP contribution is 2.21. The van der Waals surface area contributed by atoms with Gasteiger partial charge in [-0.25, -0.2) is 4.98 Å². The number of nitrogens with zero attached hydrogens (tertiary/aromatic N) is 2. The third-order valence-corrected chi connectivity index (χ3v) is 4.67. The van der Waals surface area contributed by atoms with Gasteiger partial charge in [-0.3, -0.25) is 4.79 Å². The Bertz CT molecular complexity index is 461. The second-order valence-corrected chi connectivity index (χ2v) is 6.52. The number of pyridine rings is 1. The van der Waals surface area contributed by atoms with Gasteiger partial charge < -0.3 is 10.2 Å². The van der Waals surface area contributed by atoms with E-state index in [4.69, 9.17) is 0 Å². The Hall–Kier alpha value is -1.23. The van der Waals surface area contributed by atoms with Crippen LogP contribution in [0.3, 0.4) is 0 Å². The number of carbonyl (C=O) groups is 1. The predicted molar refractivity (Wildman–Crippen MR) is 89.7 cm³/mol. The minimum atomic E-state index is 0.0510. The molecule has 1 amide bonds. The van der Waals surface area contributed by atoms with Gasteiger partial charge in [-0.15, -0.1) is 0 Å². The summed E-state index contributed by atoms with van der Waals surface area (Å²) in [6.07, 6.45) is 7.63. The van der Waals surface area contributed by atoms with E-state index in [1.165, 1.54) is 19.3 Å². The lowest BCUT2D eigenvalue weighted by molar-refractivity contribution is -0.124. The maximum atomic E-state index is 12.0. The van der Waals surface area contributed by atoms with Gasteiger partial charge in [0.05, 0.1) is 0 Å². The second-order valence-electron chi connectivity index (χ2n) is 5.61. The molecule has 1 aromatic heterocycles. The van der Waals surface area contributed by atoms with Crippen LogP contribution in [-0.4, -0.2) is 36.0 Å². The molecule has 2 heterocycles. The first-order chi connectivity index (χ1) is 10.2. The van der Waals surface area contributed by atoms with E-state index in [0.717, 1.165) is 30.2 Å². The van der Waals surface area contributed by atoms with Crippen LogP contribution in [0.1, 0.15) is 31.7 Å². The van der Waals surface area contributed by atoms with E-state index in [1.54, 1.807) is 11.8 Å². The molecule has 1 unspecified atom stereocenters. The van der Waals surface area contributed by atoms with Crippen LogP contribution in [-0.2, 0) is 11.3 Å². The number of aromatic nitrogens is 1. The summed E-state index contributed by atoms with van der Waals surface area (Å²) in [6, 6.07) is 4.01. The first kappa shape index (κ1) is 16.1. The predicted octanol–water partition coefficient (Wildman–Crippen LogP) is 2.69. The number of hydrogen-bond donors (Lipinski definition) is 1. The Balaban J connectivity index is 1.98. The van der Waals surface area contributed by atoms with Gasteiger partial charge in [0.1, 0.15) is 5.82 Å². The van der Waals surface area contributed by atoms with E-state index in [0.29, 0.717) is 6.54 Å².